The van der Waals surface area contributed by atoms with E-state index in [1.54, 1.807) is 6.20 Å². The fourth-order valence-corrected chi connectivity index (χ4v) is 5.93. The van der Waals surface area contributed by atoms with Gasteiger partial charge in [-0.05, 0) is 22.8 Å². The summed E-state index contributed by atoms with van der Waals surface area (Å²) in [5.74, 6) is 2.48. The fraction of sp³-hybridized carbons (Fsp3) is 0. The molecule has 0 aliphatic heterocycles. The number of aromatic nitrogens is 6. The maximum absolute atomic E-state index is 5.98. The molecule has 5 aromatic carbocycles. The molecule has 9 rings (SSSR count). The average Bonchev–Trinajstić information content (AvgIpc) is 3.56. The predicted molar refractivity (Wildman–Crippen MR) is 193 cm³/mol. The normalized spacial score (nSPS) is 11.3. The van der Waals surface area contributed by atoms with Crippen molar-refractivity contribution in [1.82, 2.24) is 29.9 Å². The maximum Gasteiger partial charge on any atom is 0.229 e. The van der Waals surface area contributed by atoms with Crippen LogP contribution < -0.4 is 0 Å². The van der Waals surface area contributed by atoms with Crippen LogP contribution in [0.4, 0.5) is 0 Å². The Kier molecular flexibility index (Phi) is 6.98. The highest BCUT2D eigenvalue weighted by Gasteiger charge is 2.15. The molecule has 7 heteroatoms. The van der Waals surface area contributed by atoms with Gasteiger partial charge in [0.25, 0.3) is 0 Å². The molecule has 9 aromatic rings. The molecule has 0 bridgehead atoms. The Morgan fingerprint density at radius 2 is 0.776 bits per heavy atom. The summed E-state index contributed by atoms with van der Waals surface area (Å²) in [6, 6.07) is 48.8. The summed E-state index contributed by atoms with van der Waals surface area (Å²) < 4.78 is 5.98. The van der Waals surface area contributed by atoms with Crippen molar-refractivity contribution in [1.29, 1.82) is 0 Å². The molecule has 0 fully saturated rings. The van der Waals surface area contributed by atoms with Crippen molar-refractivity contribution >= 4 is 22.2 Å². The van der Waals surface area contributed by atoms with Gasteiger partial charge in [0.05, 0.1) is 11.6 Å². The summed E-state index contributed by atoms with van der Waals surface area (Å²) in [5.41, 5.74) is 9.78. The first kappa shape index (κ1) is 28.4. The van der Waals surface area contributed by atoms with Crippen LogP contribution in [0.3, 0.4) is 0 Å². The van der Waals surface area contributed by atoms with Crippen LogP contribution in [0, 0.1) is 0 Å². The first-order chi connectivity index (χ1) is 24.2. The van der Waals surface area contributed by atoms with E-state index in [1.807, 2.05) is 97.2 Å². The van der Waals surface area contributed by atoms with Gasteiger partial charge in [-0.1, -0.05) is 140 Å². The van der Waals surface area contributed by atoms with Gasteiger partial charge in [0, 0.05) is 34.0 Å². The molecule has 4 heterocycles. The van der Waals surface area contributed by atoms with E-state index in [-0.39, 0.29) is 0 Å². The molecule has 0 atom stereocenters. The zero-order chi connectivity index (χ0) is 32.6. The number of rotatable bonds is 6. The Balaban J connectivity index is 1.08. The maximum atomic E-state index is 5.98. The van der Waals surface area contributed by atoms with Gasteiger partial charge in [0.1, 0.15) is 5.52 Å². The third-order valence-corrected chi connectivity index (χ3v) is 8.49. The van der Waals surface area contributed by atoms with Crippen LogP contribution in [0.5, 0.6) is 0 Å². The lowest BCUT2D eigenvalue weighted by atomic mass is 10.0. The van der Waals surface area contributed by atoms with E-state index in [1.165, 1.54) is 0 Å². The molecule has 4 aromatic heterocycles. The van der Waals surface area contributed by atoms with Crippen LogP contribution in [-0.4, -0.2) is 29.9 Å². The lowest BCUT2D eigenvalue weighted by Gasteiger charge is -2.10. The zero-order valence-electron chi connectivity index (χ0n) is 26.1. The van der Waals surface area contributed by atoms with Crippen molar-refractivity contribution < 1.29 is 4.42 Å². The summed E-state index contributed by atoms with van der Waals surface area (Å²) in [7, 11) is 0. The van der Waals surface area contributed by atoms with Crippen LogP contribution in [0.25, 0.3) is 90.0 Å². The molecule has 49 heavy (non-hydrogen) atoms. The smallest absolute Gasteiger partial charge is 0.229 e. The fourth-order valence-electron chi connectivity index (χ4n) is 5.93. The summed E-state index contributed by atoms with van der Waals surface area (Å²) in [6.45, 7) is 0. The Morgan fingerprint density at radius 3 is 1.33 bits per heavy atom. The molecule has 0 aliphatic rings. The van der Waals surface area contributed by atoms with E-state index in [4.69, 9.17) is 24.4 Å². The van der Waals surface area contributed by atoms with Gasteiger partial charge in [-0.15, -0.1) is 0 Å². The Bertz CT molecular complexity index is 2570. The van der Waals surface area contributed by atoms with Crippen molar-refractivity contribution in [2.45, 2.75) is 0 Å². The SMILES string of the molecule is c1ccc(-c2ccc(-c3nc(-c4ccccc4)nc(-c4ccc(-c5cnc6oc7cnc(-c8ccccc8)nc7c6c5)cc4)n3)cc2)cc1. The minimum absolute atomic E-state index is 0.526. The van der Waals surface area contributed by atoms with Gasteiger partial charge >= 0.3 is 0 Å². The monoisotopic (exact) mass is 630 g/mol. The molecule has 0 spiro atoms. The molecule has 0 aliphatic carbocycles. The van der Waals surface area contributed by atoms with Crippen LogP contribution >= 0.6 is 0 Å². The first-order valence-corrected chi connectivity index (χ1v) is 15.9. The van der Waals surface area contributed by atoms with Crippen LogP contribution in [0.1, 0.15) is 0 Å². The first-order valence-electron chi connectivity index (χ1n) is 15.9. The Labute approximate surface area is 281 Å². The van der Waals surface area contributed by atoms with Crippen molar-refractivity contribution in [2.75, 3.05) is 0 Å². The van der Waals surface area contributed by atoms with E-state index in [0.29, 0.717) is 34.6 Å². The zero-order valence-corrected chi connectivity index (χ0v) is 26.1. The number of fused-ring (bicyclic) bond motifs is 3. The standard InChI is InChI=1S/C42H26N6O/c1-4-10-27(11-5-1)28-16-20-32(21-17-28)40-46-39(31-14-8-3-9-15-31)47-41(48-40)33-22-18-29(19-23-33)34-24-35-37-36(49-42(35)44-25-34)26-43-38(45-37)30-12-6-2-7-13-30/h1-26H. The molecule has 0 saturated heterocycles. The van der Waals surface area contributed by atoms with Gasteiger partial charge < -0.3 is 4.42 Å². The van der Waals surface area contributed by atoms with E-state index in [0.717, 1.165) is 55.4 Å². The van der Waals surface area contributed by atoms with Crippen LogP contribution in [0.15, 0.2) is 162 Å². The number of benzene rings is 5. The van der Waals surface area contributed by atoms with E-state index < -0.39 is 0 Å². The van der Waals surface area contributed by atoms with Crippen molar-refractivity contribution in [3.8, 4) is 67.8 Å². The summed E-state index contributed by atoms with van der Waals surface area (Å²) in [6.07, 6.45) is 3.53. The van der Waals surface area contributed by atoms with Gasteiger partial charge in [-0.3, -0.25) is 0 Å². The van der Waals surface area contributed by atoms with Gasteiger partial charge in [-0.25, -0.2) is 29.9 Å². The molecule has 0 unspecified atom stereocenters. The van der Waals surface area contributed by atoms with Crippen molar-refractivity contribution in [3.05, 3.63) is 158 Å². The lowest BCUT2D eigenvalue weighted by molar-refractivity contribution is 0.651. The van der Waals surface area contributed by atoms with Gasteiger partial charge in [-0.2, -0.15) is 0 Å². The van der Waals surface area contributed by atoms with E-state index >= 15 is 0 Å². The minimum atomic E-state index is 0.526. The average molecular weight is 631 g/mol. The predicted octanol–water partition coefficient (Wildman–Crippen LogP) is 9.96. The molecule has 0 N–H and O–H groups in total. The Hall–Kier alpha value is -6.86. The molecule has 0 radical (unpaired) electrons. The number of furan rings is 1. The highest BCUT2D eigenvalue weighted by Crippen LogP contribution is 2.32. The van der Waals surface area contributed by atoms with Crippen molar-refractivity contribution in [2.24, 2.45) is 0 Å². The van der Waals surface area contributed by atoms with Crippen molar-refractivity contribution in [3.63, 3.8) is 0 Å². The summed E-state index contributed by atoms with van der Waals surface area (Å²) in [5, 5.41) is 0.837. The minimum Gasteiger partial charge on any atom is -0.434 e. The van der Waals surface area contributed by atoms with E-state index in [9.17, 15) is 0 Å². The third kappa shape index (κ3) is 5.49. The third-order valence-electron chi connectivity index (χ3n) is 8.49. The molecule has 0 amide bonds. The van der Waals surface area contributed by atoms with Crippen LogP contribution in [-0.2, 0) is 0 Å². The molecule has 7 nitrogen and oxygen atoms in total. The number of nitrogens with zero attached hydrogens (tertiary/aromatic N) is 6. The molecule has 0 saturated carbocycles. The second kappa shape index (κ2) is 12.1. The lowest BCUT2D eigenvalue weighted by Crippen LogP contribution is -2.00. The molecule has 230 valence electrons. The number of pyridine rings is 1. The number of hydrogen-bond acceptors (Lipinski definition) is 7. The quantitative estimate of drug-likeness (QED) is 0.181. The van der Waals surface area contributed by atoms with Crippen LogP contribution in [0.2, 0.25) is 0 Å². The molecular formula is C42H26N6O. The van der Waals surface area contributed by atoms with Gasteiger partial charge in [0.15, 0.2) is 28.9 Å². The van der Waals surface area contributed by atoms with E-state index in [2.05, 4.69) is 64.6 Å². The summed E-state index contributed by atoms with van der Waals surface area (Å²) in [4.78, 5) is 28.7. The highest BCUT2D eigenvalue weighted by atomic mass is 16.3. The second-order valence-corrected chi connectivity index (χ2v) is 11.6. The topological polar surface area (TPSA) is 90.5 Å². The summed E-state index contributed by atoms with van der Waals surface area (Å²) >= 11 is 0. The Morgan fingerprint density at radius 1 is 0.347 bits per heavy atom. The molecular weight excluding hydrogens is 605 g/mol. The van der Waals surface area contributed by atoms with Gasteiger partial charge in [0.2, 0.25) is 5.71 Å². The largest absolute Gasteiger partial charge is 0.434 e. The highest BCUT2D eigenvalue weighted by molar-refractivity contribution is 6.02. The number of hydrogen-bond donors (Lipinski definition) is 0. The second-order valence-electron chi connectivity index (χ2n) is 11.6.